The number of aliphatic hydroxyl groups excluding tert-OH is 2. The summed E-state index contributed by atoms with van der Waals surface area (Å²) in [6.07, 6.45) is 3.25. The van der Waals surface area contributed by atoms with Gasteiger partial charge in [0.1, 0.15) is 29.8 Å². The van der Waals surface area contributed by atoms with Crippen LogP contribution in [0.15, 0.2) is 60.8 Å². The third-order valence-corrected chi connectivity index (χ3v) is 13.4. The fourth-order valence-electron chi connectivity index (χ4n) is 10.1. The molecule has 3 amide bonds. The summed E-state index contributed by atoms with van der Waals surface area (Å²) in [7, 11) is 5.40. The highest BCUT2D eigenvalue weighted by molar-refractivity contribution is 6.02. The number of hydrogen-bond donors (Lipinski definition) is 4. The van der Waals surface area contributed by atoms with Crippen molar-refractivity contribution in [1.29, 1.82) is 0 Å². The summed E-state index contributed by atoms with van der Waals surface area (Å²) in [6, 6.07) is 15.2. The van der Waals surface area contributed by atoms with Crippen LogP contribution in [-0.4, -0.2) is 108 Å². The molecule has 2 aromatic carbocycles. The molecule has 8 rings (SSSR count). The van der Waals surface area contributed by atoms with Crippen molar-refractivity contribution in [2.75, 3.05) is 44.6 Å². The fraction of sp³-hybridized carbons (Fsp3) is 0.545. The van der Waals surface area contributed by atoms with E-state index in [0.29, 0.717) is 54.3 Å². The van der Waals surface area contributed by atoms with E-state index in [1.807, 2.05) is 55.4 Å². The zero-order chi connectivity index (χ0) is 40.8. The Kier molecular flexibility index (Phi) is 11.7. The number of rotatable bonds is 12. The maximum atomic E-state index is 14.3. The van der Waals surface area contributed by atoms with Gasteiger partial charge in [0, 0.05) is 61.2 Å². The van der Waals surface area contributed by atoms with Crippen molar-refractivity contribution in [2.24, 2.45) is 29.1 Å². The number of methoxy groups -OCH3 is 1. The second kappa shape index (κ2) is 16.4. The number of pyridine rings is 1. The van der Waals surface area contributed by atoms with Crippen molar-refractivity contribution in [3.63, 3.8) is 0 Å². The van der Waals surface area contributed by atoms with Gasteiger partial charge in [0.05, 0.1) is 26.4 Å². The number of hydroxylamine groups is 2. The van der Waals surface area contributed by atoms with E-state index in [-0.39, 0.29) is 42.3 Å². The van der Waals surface area contributed by atoms with Crippen molar-refractivity contribution in [2.45, 2.75) is 90.3 Å². The molecular formula is C44H58N6O7. The third kappa shape index (κ3) is 7.74. The van der Waals surface area contributed by atoms with Crippen molar-refractivity contribution in [3.05, 3.63) is 71.9 Å². The highest BCUT2D eigenvalue weighted by Crippen LogP contribution is 2.61. The van der Waals surface area contributed by atoms with Gasteiger partial charge in [-0.15, -0.1) is 0 Å². The van der Waals surface area contributed by atoms with Crippen LogP contribution in [0.4, 0.5) is 11.5 Å². The van der Waals surface area contributed by atoms with E-state index in [1.54, 1.807) is 48.4 Å². The molecule has 2 saturated heterocycles. The Bertz CT molecular complexity index is 1960. The van der Waals surface area contributed by atoms with E-state index in [2.05, 4.69) is 36.4 Å². The Labute approximate surface area is 335 Å². The number of carbonyl (C=O) groups excluding carboxylic acids is 3. The normalized spacial score (nSPS) is 28.3. The smallest absolute Gasteiger partial charge is 0.254 e. The van der Waals surface area contributed by atoms with Gasteiger partial charge in [0.25, 0.3) is 5.91 Å². The number of nitrogens with zero attached hydrogens (tertiary/aromatic N) is 4. The number of aliphatic hydroxyl groups is 2. The lowest BCUT2D eigenvalue weighted by molar-refractivity contribution is -0.183. The Morgan fingerprint density at radius 3 is 2.53 bits per heavy atom. The Balaban J connectivity index is 1.16. The van der Waals surface area contributed by atoms with E-state index in [9.17, 15) is 24.6 Å². The number of fused-ring (bicyclic) bond motifs is 2. The van der Waals surface area contributed by atoms with E-state index < -0.39 is 30.2 Å². The molecule has 306 valence electrons. The molecule has 4 N–H and O–H groups in total. The highest BCUT2D eigenvalue weighted by atomic mass is 16.7. The summed E-state index contributed by atoms with van der Waals surface area (Å²) < 4.78 is 6.09. The van der Waals surface area contributed by atoms with E-state index >= 15 is 0 Å². The summed E-state index contributed by atoms with van der Waals surface area (Å²) >= 11 is 0. The number of para-hydroxylation sites is 1. The van der Waals surface area contributed by atoms with Gasteiger partial charge in [0.15, 0.2) is 0 Å². The van der Waals surface area contributed by atoms with Crippen LogP contribution in [0.5, 0.6) is 5.75 Å². The molecule has 1 unspecified atom stereocenters. The number of nitrogens with one attached hydrogen (secondary N) is 2. The first-order valence-electron chi connectivity index (χ1n) is 20.3. The predicted octanol–water partition coefficient (Wildman–Crippen LogP) is 4.73. The Morgan fingerprint density at radius 1 is 1.09 bits per heavy atom. The van der Waals surface area contributed by atoms with Gasteiger partial charge in [-0.2, -0.15) is 5.06 Å². The van der Waals surface area contributed by atoms with Crippen LogP contribution in [0, 0.1) is 29.1 Å². The number of benzene rings is 2. The van der Waals surface area contributed by atoms with E-state index in [1.165, 1.54) is 6.42 Å². The van der Waals surface area contributed by atoms with Crippen LogP contribution in [0.3, 0.4) is 0 Å². The van der Waals surface area contributed by atoms with Crippen LogP contribution in [0.25, 0.3) is 11.1 Å². The fourth-order valence-corrected chi connectivity index (χ4v) is 10.1. The maximum Gasteiger partial charge on any atom is 0.254 e. The molecule has 3 heterocycles. The van der Waals surface area contributed by atoms with Gasteiger partial charge < -0.3 is 35.4 Å². The SMILES string of the molecule is COc1c(CN2O[C@@H](CO)[C@@H]([C@H](C)O)[C@H]2C(=O)N[C@H]2C[C@H]3C[C@@H]([C@@H]2C)C3(C)C)cccc1-c1cc(C(=O)N2CCCC2C(=O)Nc2ccccn2)cc(N(C)C)c1. The van der Waals surface area contributed by atoms with Crippen LogP contribution in [0.1, 0.15) is 69.3 Å². The first kappa shape index (κ1) is 40.6. The van der Waals surface area contributed by atoms with Gasteiger partial charge in [-0.3, -0.25) is 19.2 Å². The van der Waals surface area contributed by atoms with Gasteiger partial charge in [-0.1, -0.05) is 45.0 Å². The van der Waals surface area contributed by atoms with Crippen LogP contribution in [-0.2, 0) is 21.0 Å². The van der Waals surface area contributed by atoms with Crippen molar-refractivity contribution >= 4 is 29.2 Å². The zero-order valence-electron chi connectivity index (χ0n) is 34.1. The molecule has 13 nitrogen and oxygen atoms in total. The van der Waals surface area contributed by atoms with E-state index in [0.717, 1.165) is 28.8 Å². The second-order valence-corrected chi connectivity index (χ2v) is 17.3. The average Bonchev–Trinajstić information content (AvgIpc) is 3.84. The minimum absolute atomic E-state index is 0.0174. The first-order valence-corrected chi connectivity index (χ1v) is 20.3. The number of hydrogen-bond acceptors (Lipinski definition) is 10. The standard InChI is InChI=1S/C44H58N6O7/c1-25-33-21-30(44(33,3)4)22-34(25)46-42(54)39-38(26(2)52)36(24-51)57-50(39)23-27-12-10-13-32(40(27)56-7)28-18-29(20-31(19-28)48(5)6)43(55)49-17-11-14-35(49)41(53)47-37-15-8-9-16-45-37/h8-10,12-13,15-16,18-20,25-26,30,33-36,38-39,51-52H,11,14,17,21-24H2,1-7H3,(H,46,54)(H,45,47,53)/t25-,26-,30+,33-,34-,35?,36-,38+,39-/m0/s1. The van der Waals surface area contributed by atoms with Gasteiger partial charge in [-0.25, -0.2) is 4.98 Å². The molecule has 2 aliphatic heterocycles. The molecule has 3 aromatic rings. The molecule has 0 radical (unpaired) electrons. The number of anilines is 2. The van der Waals surface area contributed by atoms with Gasteiger partial charge in [-0.05, 0) is 91.7 Å². The van der Waals surface area contributed by atoms with Crippen LogP contribution < -0.4 is 20.3 Å². The lowest BCUT2D eigenvalue weighted by Gasteiger charge is -2.62. The van der Waals surface area contributed by atoms with Gasteiger partial charge in [0.2, 0.25) is 11.8 Å². The number of ether oxygens (including phenoxy) is 1. The number of amides is 3. The summed E-state index contributed by atoms with van der Waals surface area (Å²) in [4.78, 5) is 56.0. The second-order valence-electron chi connectivity index (χ2n) is 17.3. The summed E-state index contributed by atoms with van der Waals surface area (Å²) in [5, 5.41) is 29.1. The molecule has 5 aliphatic rings. The van der Waals surface area contributed by atoms with Crippen molar-refractivity contribution in [3.8, 4) is 16.9 Å². The Hall–Kier alpha value is -4.56. The summed E-state index contributed by atoms with van der Waals surface area (Å²) in [5.41, 5.74) is 3.67. The Morgan fingerprint density at radius 2 is 1.88 bits per heavy atom. The lowest BCUT2D eigenvalue weighted by Crippen LogP contribution is -2.62. The lowest BCUT2D eigenvalue weighted by atomic mass is 9.45. The zero-order valence-corrected chi connectivity index (χ0v) is 34.1. The number of aromatic nitrogens is 1. The molecule has 13 heteroatoms. The molecule has 3 saturated carbocycles. The molecule has 1 aromatic heterocycles. The molecule has 0 spiro atoms. The molecular weight excluding hydrogens is 725 g/mol. The monoisotopic (exact) mass is 782 g/mol. The van der Waals surface area contributed by atoms with Crippen LogP contribution >= 0.6 is 0 Å². The summed E-state index contributed by atoms with van der Waals surface area (Å²) in [6.45, 7) is 8.74. The van der Waals surface area contributed by atoms with Crippen molar-refractivity contribution < 1.29 is 34.2 Å². The van der Waals surface area contributed by atoms with Gasteiger partial charge >= 0.3 is 0 Å². The molecule has 9 atom stereocenters. The molecule has 57 heavy (non-hydrogen) atoms. The number of likely N-dealkylation sites (tertiary alicyclic amines) is 1. The summed E-state index contributed by atoms with van der Waals surface area (Å²) in [5.74, 6) is 0.965. The largest absolute Gasteiger partial charge is 0.496 e. The van der Waals surface area contributed by atoms with E-state index in [4.69, 9.17) is 9.57 Å². The average molecular weight is 783 g/mol. The maximum absolute atomic E-state index is 14.3. The predicted molar refractivity (Wildman–Crippen MR) is 217 cm³/mol. The number of carbonyl (C=O) groups is 3. The molecule has 2 bridgehead atoms. The van der Waals surface area contributed by atoms with Crippen LogP contribution in [0.2, 0.25) is 0 Å². The minimum Gasteiger partial charge on any atom is -0.496 e. The molecule has 3 aliphatic carbocycles. The van der Waals surface area contributed by atoms with Crippen molar-refractivity contribution in [1.82, 2.24) is 20.3 Å². The molecule has 5 fully saturated rings. The highest BCUT2D eigenvalue weighted by Gasteiger charge is 2.57. The quantitative estimate of drug-likeness (QED) is 0.203. The first-order chi connectivity index (χ1) is 27.2. The third-order valence-electron chi connectivity index (χ3n) is 13.4. The minimum atomic E-state index is -0.923. The topological polar surface area (TPSA) is 157 Å².